The van der Waals surface area contributed by atoms with Gasteiger partial charge in [0.1, 0.15) is 6.07 Å². The summed E-state index contributed by atoms with van der Waals surface area (Å²) < 4.78 is 318. The summed E-state index contributed by atoms with van der Waals surface area (Å²) in [5.74, 6) is 0. The molecular formula is C74H42N6S. The minimum absolute atomic E-state index is 0.0500. The molecule has 7 heteroatoms. The molecule has 0 spiro atoms. The van der Waals surface area contributed by atoms with Gasteiger partial charge in [0.15, 0.2) is 0 Å². The van der Waals surface area contributed by atoms with Gasteiger partial charge in [0, 0.05) is 58.6 Å². The first-order chi connectivity index (χ1) is 53.9. The van der Waals surface area contributed by atoms with Crippen LogP contribution in [-0.4, -0.2) is 18.3 Å². The Labute approximate surface area is 514 Å². The van der Waals surface area contributed by atoms with E-state index in [0.717, 1.165) is 25.0 Å². The first-order valence-corrected chi connectivity index (χ1v) is 25.3. The molecular weight excluding hydrogens is 1000 g/mol. The summed E-state index contributed by atoms with van der Waals surface area (Å²) in [6.07, 6.45) is 0. The molecule has 81 heavy (non-hydrogen) atoms. The van der Waals surface area contributed by atoms with E-state index in [0.29, 0.717) is 15.5 Å². The van der Waals surface area contributed by atoms with Crippen molar-refractivity contribution in [1.82, 2.24) is 18.3 Å². The van der Waals surface area contributed by atoms with Crippen LogP contribution in [0.1, 0.15) is 50.8 Å². The number of aromatic nitrogens is 4. The molecule has 12 aromatic carbocycles. The van der Waals surface area contributed by atoms with Crippen molar-refractivity contribution in [3.63, 3.8) is 0 Å². The maximum absolute atomic E-state index is 13.2. The number of hydrogen-bond donors (Lipinski definition) is 0. The normalized spacial score (nSPS) is 17.6. The van der Waals surface area contributed by atoms with Crippen LogP contribution in [-0.2, 0) is 0 Å². The van der Waals surface area contributed by atoms with Crippen molar-refractivity contribution in [1.29, 1.82) is 5.26 Å². The Morgan fingerprint density at radius 1 is 0.383 bits per heavy atom. The number of nitrogens with zero attached hydrogens (tertiary/aromatic N) is 6. The van der Waals surface area contributed by atoms with E-state index >= 15 is 0 Å². The Balaban J connectivity index is 1.30. The highest BCUT2D eigenvalue weighted by Crippen LogP contribution is 2.53. The van der Waals surface area contributed by atoms with Gasteiger partial charge in [-0.1, -0.05) is 206 Å². The molecule has 5 aromatic heterocycles. The zero-order valence-electron chi connectivity index (χ0n) is 73.8. The molecule has 17 aromatic rings. The van der Waals surface area contributed by atoms with Gasteiger partial charge in [-0.15, -0.1) is 11.3 Å². The number of nitriles is 1. The van der Waals surface area contributed by atoms with Crippen LogP contribution >= 0.6 is 11.3 Å². The third-order valence-electron chi connectivity index (χ3n) is 14.6. The predicted octanol–water partition coefficient (Wildman–Crippen LogP) is 20.2. The second kappa shape index (κ2) is 17.3. The molecule has 17 rings (SSSR count). The fourth-order valence-corrected chi connectivity index (χ4v) is 12.7. The summed E-state index contributed by atoms with van der Waals surface area (Å²) in [6, 6.07) is -16.2. The van der Waals surface area contributed by atoms with E-state index in [9.17, 15) is 48.8 Å². The zero-order chi connectivity index (χ0) is 82.2. The molecule has 374 valence electrons. The Morgan fingerprint density at radius 3 is 1.36 bits per heavy atom. The van der Waals surface area contributed by atoms with E-state index in [1.165, 1.54) is 22.8 Å². The lowest BCUT2D eigenvalue weighted by atomic mass is 9.94. The van der Waals surface area contributed by atoms with Crippen molar-refractivity contribution >= 4 is 124 Å². The zero-order valence-corrected chi connectivity index (χ0v) is 41.6. The van der Waals surface area contributed by atoms with Crippen molar-refractivity contribution in [2.75, 3.05) is 0 Å². The van der Waals surface area contributed by atoms with E-state index in [1.54, 1.807) is 36.4 Å². The molecule has 0 atom stereocenters. The van der Waals surface area contributed by atoms with E-state index in [4.69, 9.17) is 8.22 Å². The SMILES string of the molecule is [2H]c1c([2H])c([2H])c(-c2c([2H])c([2H])c([2H])c([2H])c2-c2ccc3c4ccc5c6ccccc6sc5c4n(-c4c(-n5c6c([2H])c([2H])c([2H])c([2H])c6c6c([2H])c([2H])c([2H])c([2H])c65)c(C#N)c(-n5c6c([2H])c([2H])c([2H])c([2H])c6c6c([2H])c([2H])c([2H])c([2H])c65)c([N+]#[C-])c4-n4c5c([2H])c([2H])c([2H])c([2H])c5c5c([2H])c([2H])c([2H])c([2H])c54)c3c2)c([2H])c1[2H]. The standard InChI is InChI=1S/C74H42N6S/c1-76-68-69(77-60-32-14-7-25-49(60)50-26-8-15-33-61(50)77)59(44-75)70(78-62-34-16-9-27-51(62)52-28-10-17-35-63(52)78)73(72(68)79-64-36-18-11-29-53(64)54-30-12-19-37-65(54)79)80-66-43-46(48-24-6-5-23-47(48)45-21-3-2-4-22-45)39-40-55(66)57-41-42-58-56-31-13-20-38-67(56)81-74(58)71(57)80/h2-43H/i2D,3D,4D,5D,6D,7D,8D,9D,10D,11D,12D,14D,15D,16D,17D,18D,19D,21D,22D,23D,24D,25D,26D,27D,28D,29D,30D,32D,33D,34D,35D,36D,37D. The fourth-order valence-electron chi connectivity index (χ4n) is 11.4. The third-order valence-corrected chi connectivity index (χ3v) is 15.8. The Hall–Kier alpha value is -11.0. The Kier molecular flexibility index (Phi) is 5.02. The maximum atomic E-state index is 13.2. The first-order valence-electron chi connectivity index (χ1n) is 41.0. The van der Waals surface area contributed by atoms with Gasteiger partial charge in [0.25, 0.3) is 0 Å². The quantitative estimate of drug-likeness (QED) is 0.153. The molecule has 0 saturated carbocycles. The molecule has 0 fully saturated rings. The summed E-state index contributed by atoms with van der Waals surface area (Å²) in [5.41, 5.74) is -13.3. The molecule has 0 amide bonds. The topological polar surface area (TPSA) is 47.9 Å². The molecule has 0 aliphatic carbocycles. The average molecular weight is 1080 g/mol. The maximum Gasteiger partial charge on any atom is 0.237 e. The van der Waals surface area contributed by atoms with Gasteiger partial charge in [-0.3, -0.25) is 0 Å². The molecule has 0 N–H and O–H groups in total. The van der Waals surface area contributed by atoms with Crippen molar-refractivity contribution in [3.8, 4) is 51.1 Å². The molecule has 0 bridgehead atoms. The summed E-state index contributed by atoms with van der Waals surface area (Å²) in [7, 11) is 0. The highest BCUT2D eigenvalue weighted by Gasteiger charge is 2.35. The second-order valence-electron chi connectivity index (χ2n) is 18.4. The van der Waals surface area contributed by atoms with Crippen molar-refractivity contribution < 1.29 is 45.2 Å². The molecule has 0 saturated heterocycles. The number of hydrogen-bond acceptors (Lipinski definition) is 2. The van der Waals surface area contributed by atoms with Gasteiger partial charge in [-0.05, 0) is 70.6 Å². The lowest BCUT2D eigenvalue weighted by Gasteiger charge is -2.27. The molecule has 6 nitrogen and oxygen atoms in total. The van der Waals surface area contributed by atoms with E-state index in [2.05, 4.69) is 10.9 Å². The van der Waals surface area contributed by atoms with Crippen LogP contribution in [0.25, 0.3) is 157 Å². The number of benzene rings is 12. The summed E-state index contributed by atoms with van der Waals surface area (Å²) >= 11 is 1.11. The largest absolute Gasteiger partial charge is 0.318 e. The fraction of sp³-hybridized carbons (Fsp3) is 0. The van der Waals surface area contributed by atoms with Crippen molar-refractivity contribution in [2.24, 2.45) is 0 Å². The van der Waals surface area contributed by atoms with Crippen LogP contribution in [0.3, 0.4) is 0 Å². The smallest absolute Gasteiger partial charge is 0.237 e. The van der Waals surface area contributed by atoms with Crippen LogP contribution in [0.2, 0.25) is 0 Å². The van der Waals surface area contributed by atoms with Crippen LogP contribution < -0.4 is 0 Å². The number of fused-ring (bicyclic) bond motifs is 16. The van der Waals surface area contributed by atoms with Crippen molar-refractivity contribution in [2.45, 2.75) is 0 Å². The number of rotatable bonds is 6. The van der Waals surface area contributed by atoms with Crippen LogP contribution in [0, 0.1) is 17.9 Å². The summed E-state index contributed by atoms with van der Waals surface area (Å²) in [6.45, 7) is 10.1. The van der Waals surface area contributed by atoms with Gasteiger partial charge in [-0.2, -0.15) is 5.26 Å². The van der Waals surface area contributed by atoms with E-state index in [-0.39, 0.29) is 32.1 Å². The number of para-hydroxylation sites is 6. The highest BCUT2D eigenvalue weighted by atomic mass is 32.1. The van der Waals surface area contributed by atoms with Crippen LogP contribution in [0.5, 0.6) is 0 Å². The molecule has 0 radical (unpaired) electrons. The summed E-state index contributed by atoms with van der Waals surface area (Å²) in [5, 5.41) is 10.3. The van der Waals surface area contributed by atoms with Gasteiger partial charge >= 0.3 is 0 Å². The second-order valence-corrected chi connectivity index (χ2v) is 19.5. The molecule has 0 unspecified atom stereocenters. The minimum Gasteiger partial charge on any atom is -0.318 e. The van der Waals surface area contributed by atoms with Gasteiger partial charge in [0.2, 0.25) is 5.69 Å². The summed E-state index contributed by atoms with van der Waals surface area (Å²) in [4.78, 5) is 4.22. The van der Waals surface area contributed by atoms with Gasteiger partial charge < -0.3 is 18.3 Å². The van der Waals surface area contributed by atoms with Crippen LogP contribution in [0.4, 0.5) is 5.69 Å². The lowest BCUT2D eigenvalue weighted by Crippen LogP contribution is -2.14. The third kappa shape index (κ3) is 6.24. The molecule has 0 aliphatic rings. The molecule has 5 heterocycles. The van der Waals surface area contributed by atoms with Gasteiger partial charge in [0.05, 0.1) is 129 Å². The van der Waals surface area contributed by atoms with Crippen molar-refractivity contribution in [3.05, 3.63) is 271 Å². The monoisotopic (exact) mass is 1080 g/mol. The van der Waals surface area contributed by atoms with Gasteiger partial charge in [-0.25, -0.2) is 4.85 Å². The lowest BCUT2D eigenvalue weighted by molar-refractivity contribution is 1.04. The highest BCUT2D eigenvalue weighted by molar-refractivity contribution is 7.26. The van der Waals surface area contributed by atoms with E-state index < -0.39 is 316 Å². The number of thiophene rings is 1. The van der Waals surface area contributed by atoms with Crippen LogP contribution in [0.15, 0.2) is 254 Å². The minimum atomic E-state index is -1.09. The molecule has 0 aliphatic heterocycles. The average Bonchev–Trinajstić information content (AvgIpc) is 1.49. The predicted molar refractivity (Wildman–Crippen MR) is 339 cm³/mol. The first kappa shape index (κ1) is 23.6. The van der Waals surface area contributed by atoms with E-state index in [1.807, 2.05) is 0 Å². The Bertz CT molecular complexity index is 7220. The Morgan fingerprint density at radius 2 is 0.827 bits per heavy atom.